The average molecular weight is 195 g/mol. The van der Waals surface area contributed by atoms with Gasteiger partial charge >= 0.3 is 0 Å². The van der Waals surface area contributed by atoms with Crippen molar-refractivity contribution in [1.82, 2.24) is 0 Å². The third kappa shape index (κ3) is 2.17. The van der Waals surface area contributed by atoms with E-state index < -0.39 is 5.60 Å². The van der Waals surface area contributed by atoms with Gasteiger partial charge in [0, 0.05) is 11.6 Å². The molecule has 3 nitrogen and oxygen atoms in total. The van der Waals surface area contributed by atoms with Gasteiger partial charge < -0.3 is 14.6 Å². The molecule has 0 aliphatic rings. The second-order valence-corrected chi connectivity index (χ2v) is 3.34. The first-order chi connectivity index (χ1) is 6.49. The van der Waals surface area contributed by atoms with E-state index in [9.17, 15) is 5.11 Å². The zero-order chi connectivity index (χ0) is 10.8. The zero-order valence-corrected chi connectivity index (χ0v) is 8.70. The van der Waals surface area contributed by atoms with E-state index in [2.05, 4.69) is 6.92 Å². The van der Waals surface area contributed by atoms with Crippen LogP contribution in [-0.2, 0) is 5.60 Å². The molecule has 1 rings (SSSR count). The van der Waals surface area contributed by atoms with Crippen molar-refractivity contribution in [2.75, 3.05) is 14.2 Å². The summed E-state index contributed by atoms with van der Waals surface area (Å²) in [5.41, 5.74) is -0.516. The fourth-order valence-electron chi connectivity index (χ4n) is 1.24. The molecule has 0 amide bonds. The topological polar surface area (TPSA) is 38.7 Å². The number of hydrogen-bond acceptors (Lipinski definition) is 3. The van der Waals surface area contributed by atoms with Crippen LogP contribution >= 0.6 is 0 Å². The minimum absolute atomic E-state index is 0.573. The largest absolute Gasteiger partial charge is 0.497 e. The lowest BCUT2D eigenvalue weighted by Crippen LogP contribution is -2.17. The SMILES string of the molecule is [CH2]C(C)(O)c1ccc(OC)cc1OC. The molecule has 1 radical (unpaired) electrons. The van der Waals surface area contributed by atoms with Crippen LogP contribution in [0.2, 0.25) is 0 Å². The summed E-state index contributed by atoms with van der Waals surface area (Å²) in [6.45, 7) is 5.25. The molecule has 1 aromatic carbocycles. The van der Waals surface area contributed by atoms with Gasteiger partial charge in [-0.25, -0.2) is 0 Å². The van der Waals surface area contributed by atoms with Gasteiger partial charge in [0.1, 0.15) is 11.5 Å². The van der Waals surface area contributed by atoms with Crippen LogP contribution in [-0.4, -0.2) is 19.3 Å². The average Bonchev–Trinajstić information content (AvgIpc) is 2.15. The lowest BCUT2D eigenvalue weighted by atomic mass is 9.97. The quantitative estimate of drug-likeness (QED) is 0.798. The van der Waals surface area contributed by atoms with Crippen molar-refractivity contribution < 1.29 is 14.6 Å². The number of benzene rings is 1. The molecule has 1 N–H and O–H groups in total. The Morgan fingerprint density at radius 2 is 1.93 bits per heavy atom. The lowest BCUT2D eigenvalue weighted by molar-refractivity contribution is 0.104. The molecule has 1 atom stereocenters. The van der Waals surface area contributed by atoms with Crippen LogP contribution in [0.1, 0.15) is 12.5 Å². The molecule has 1 aromatic rings. The Morgan fingerprint density at radius 3 is 2.36 bits per heavy atom. The van der Waals surface area contributed by atoms with Gasteiger partial charge in [-0.2, -0.15) is 0 Å². The number of hydrogen-bond donors (Lipinski definition) is 1. The van der Waals surface area contributed by atoms with Crippen molar-refractivity contribution in [2.24, 2.45) is 0 Å². The molecule has 0 saturated heterocycles. The highest BCUT2D eigenvalue weighted by atomic mass is 16.5. The molecule has 3 heteroatoms. The van der Waals surface area contributed by atoms with Crippen LogP contribution in [0.15, 0.2) is 18.2 Å². The second-order valence-electron chi connectivity index (χ2n) is 3.34. The Balaban J connectivity index is 3.18. The van der Waals surface area contributed by atoms with Gasteiger partial charge in [-0.1, -0.05) is 0 Å². The summed E-state index contributed by atoms with van der Waals surface area (Å²) in [6.07, 6.45) is 0. The van der Waals surface area contributed by atoms with Crippen LogP contribution in [0.4, 0.5) is 0 Å². The molecule has 0 aliphatic heterocycles. The molecule has 0 bridgehead atoms. The predicted molar refractivity (Wildman–Crippen MR) is 54.5 cm³/mol. The van der Waals surface area contributed by atoms with Crippen LogP contribution in [0.5, 0.6) is 11.5 Å². The molecular weight excluding hydrogens is 180 g/mol. The van der Waals surface area contributed by atoms with Crippen molar-refractivity contribution in [3.63, 3.8) is 0 Å². The minimum Gasteiger partial charge on any atom is -0.497 e. The summed E-state index contributed by atoms with van der Waals surface area (Å²) in [6, 6.07) is 5.22. The normalized spacial score (nSPS) is 11.2. The first-order valence-corrected chi connectivity index (χ1v) is 4.29. The highest BCUT2D eigenvalue weighted by Crippen LogP contribution is 2.32. The number of rotatable bonds is 3. The third-order valence-electron chi connectivity index (χ3n) is 1.99. The summed E-state index contributed by atoms with van der Waals surface area (Å²) in [5.74, 6) is 1.26. The molecule has 1 unspecified atom stereocenters. The van der Waals surface area contributed by atoms with E-state index >= 15 is 0 Å². The Kier molecular flexibility index (Phi) is 3.01. The zero-order valence-electron chi connectivity index (χ0n) is 8.70. The van der Waals surface area contributed by atoms with Gasteiger partial charge in [0.2, 0.25) is 0 Å². The Labute approximate surface area is 84.3 Å². The van der Waals surface area contributed by atoms with Gasteiger partial charge in [0.15, 0.2) is 0 Å². The first kappa shape index (κ1) is 10.9. The summed E-state index contributed by atoms with van der Waals surface area (Å²) in [5, 5.41) is 9.73. The lowest BCUT2D eigenvalue weighted by Gasteiger charge is -2.20. The van der Waals surface area contributed by atoms with E-state index in [-0.39, 0.29) is 0 Å². The van der Waals surface area contributed by atoms with Gasteiger partial charge in [0.25, 0.3) is 0 Å². The van der Waals surface area contributed by atoms with Gasteiger partial charge in [-0.15, -0.1) is 0 Å². The molecule has 77 valence electrons. The highest BCUT2D eigenvalue weighted by Gasteiger charge is 2.21. The Morgan fingerprint density at radius 1 is 1.29 bits per heavy atom. The monoisotopic (exact) mass is 195 g/mol. The van der Waals surface area contributed by atoms with E-state index in [1.807, 2.05) is 0 Å². The molecule has 0 heterocycles. The highest BCUT2D eigenvalue weighted by molar-refractivity contribution is 5.44. The molecule has 0 fully saturated rings. The van der Waals surface area contributed by atoms with E-state index in [0.29, 0.717) is 17.1 Å². The molecular formula is C11H15O3. The number of methoxy groups -OCH3 is 2. The number of ether oxygens (including phenoxy) is 2. The fourth-order valence-corrected chi connectivity index (χ4v) is 1.24. The maximum absolute atomic E-state index is 9.73. The van der Waals surface area contributed by atoms with Crippen LogP contribution in [0.25, 0.3) is 0 Å². The van der Waals surface area contributed by atoms with Crippen molar-refractivity contribution in [3.05, 3.63) is 30.7 Å². The van der Waals surface area contributed by atoms with Crippen molar-refractivity contribution in [2.45, 2.75) is 12.5 Å². The van der Waals surface area contributed by atoms with Crippen LogP contribution in [0.3, 0.4) is 0 Å². The molecule has 0 aliphatic carbocycles. The maximum Gasteiger partial charge on any atom is 0.128 e. The minimum atomic E-state index is -1.16. The molecule has 0 spiro atoms. The van der Waals surface area contributed by atoms with Crippen molar-refractivity contribution >= 4 is 0 Å². The second kappa shape index (κ2) is 3.88. The van der Waals surface area contributed by atoms with Gasteiger partial charge in [-0.05, 0) is 26.0 Å². The summed E-state index contributed by atoms with van der Waals surface area (Å²) in [7, 11) is 3.13. The fraction of sp³-hybridized carbons (Fsp3) is 0.364. The van der Waals surface area contributed by atoms with E-state index in [1.165, 1.54) is 0 Å². The van der Waals surface area contributed by atoms with Crippen molar-refractivity contribution in [3.8, 4) is 11.5 Å². The van der Waals surface area contributed by atoms with Gasteiger partial charge in [0.05, 0.1) is 19.8 Å². The summed E-state index contributed by atoms with van der Waals surface area (Å²) < 4.78 is 10.2. The van der Waals surface area contributed by atoms with E-state index in [1.54, 1.807) is 39.3 Å². The predicted octanol–water partition coefficient (Wildman–Crippen LogP) is 1.75. The molecule has 0 aromatic heterocycles. The summed E-state index contributed by atoms with van der Waals surface area (Å²) in [4.78, 5) is 0. The molecule has 14 heavy (non-hydrogen) atoms. The standard InChI is InChI=1S/C11H15O3/c1-11(2,12)9-6-5-8(13-3)7-10(9)14-4/h5-7,12H,1H2,2-4H3. The first-order valence-electron chi connectivity index (χ1n) is 4.29. The smallest absolute Gasteiger partial charge is 0.128 e. The van der Waals surface area contributed by atoms with Gasteiger partial charge in [-0.3, -0.25) is 0 Å². The number of aliphatic hydroxyl groups is 1. The third-order valence-corrected chi connectivity index (χ3v) is 1.99. The maximum atomic E-state index is 9.73. The van der Waals surface area contributed by atoms with E-state index in [4.69, 9.17) is 9.47 Å². The summed E-state index contributed by atoms with van der Waals surface area (Å²) >= 11 is 0. The van der Waals surface area contributed by atoms with E-state index in [0.717, 1.165) is 0 Å². The van der Waals surface area contributed by atoms with Crippen LogP contribution < -0.4 is 9.47 Å². The Bertz CT molecular complexity index is 313. The molecule has 0 saturated carbocycles. The van der Waals surface area contributed by atoms with Crippen LogP contribution in [0, 0.1) is 6.92 Å². The Hall–Kier alpha value is -1.22. The van der Waals surface area contributed by atoms with Crippen molar-refractivity contribution in [1.29, 1.82) is 0 Å².